The first-order chi connectivity index (χ1) is 9.70. The zero-order valence-corrected chi connectivity index (χ0v) is 12.9. The largest absolute Gasteiger partial charge is 0.490 e. The first-order valence-electron chi connectivity index (χ1n) is 7.79. The van der Waals surface area contributed by atoms with Crippen LogP contribution in [0.4, 0.5) is 0 Å². The summed E-state index contributed by atoms with van der Waals surface area (Å²) in [4.78, 5) is 0. The summed E-state index contributed by atoms with van der Waals surface area (Å²) in [5.74, 6) is 1.02. The predicted octanol–water partition coefficient (Wildman–Crippen LogP) is 3.61. The van der Waals surface area contributed by atoms with Crippen LogP contribution < -0.4 is 10.1 Å². The van der Waals surface area contributed by atoms with Gasteiger partial charge in [-0.15, -0.1) is 0 Å². The summed E-state index contributed by atoms with van der Waals surface area (Å²) >= 11 is 0. The van der Waals surface area contributed by atoms with Crippen LogP contribution in [-0.2, 0) is 4.74 Å². The quantitative estimate of drug-likeness (QED) is 0.861. The second-order valence-electron chi connectivity index (χ2n) is 5.63. The van der Waals surface area contributed by atoms with Crippen molar-refractivity contribution >= 4 is 0 Å². The monoisotopic (exact) mass is 277 g/mol. The van der Waals surface area contributed by atoms with Crippen molar-refractivity contribution in [2.75, 3.05) is 19.8 Å². The maximum Gasteiger partial charge on any atom is 0.122 e. The van der Waals surface area contributed by atoms with Crippen molar-refractivity contribution in [1.82, 2.24) is 5.32 Å². The third kappa shape index (κ3) is 4.22. The van der Waals surface area contributed by atoms with E-state index in [2.05, 4.69) is 44.3 Å². The van der Waals surface area contributed by atoms with Gasteiger partial charge in [0, 0.05) is 18.9 Å². The predicted molar refractivity (Wildman–Crippen MR) is 82.4 cm³/mol. The molecule has 20 heavy (non-hydrogen) atoms. The molecule has 0 aliphatic carbocycles. The Labute approximate surface area is 122 Å². The third-order valence-corrected chi connectivity index (χ3v) is 3.86. The summed E-state index contributed by atoms with van der Waals surface area (Å²) in [6.45, 7) is 9.23. The summed E-state index contributed by atoms with van der Waals surface area (Å²) < 4.78 is 11.5. The van der Waals surface area contributed by atoms with Gasteiger partial charge in [0.1, 0.15) is 11.9 Å². The van der Waals surface area contributed by atoms with Gasteiger partial charge >= 0.3 is 0 Å². The van der Waals surface area contributed by atoms with E-state index in [9.17, 15) is 0 Å². The number of nitrogens with one attached hydrogen (secondary N) is 1. The fourth-order valence-corrected chi connectivity index (χ4v) is 2.53. The molecule has 3 nitrogen and oxygen atoms in total. The number of aryl methyl sites for hydroxylation is 1. The normalized spacial score (nSPS) is 17.9. The van der Waals surface area contributed by atoms with E-state index in [1.807, 2.05) is 0 Å². The lowest BCUT2D eigenvalue weighted by Gasteiger charge is -2.24. The van der Waals surface area contributed by atoms with Gasteiger partial charge in [0.05, 0.1) is 13.2 Å². The van der Waals surface area contributed by atoms with E-state index in [0.29, 0.717) is 12.1 Å². The third-order valence-electron chi connectivity index (χ3n) is 3.86. The lowest BCUT2D eigenvalue weighted by molar-refractivity contribution is 0.0253. The average molecular weight is 277 g/mol. The smallest absolute Gasteiger partial charge is 0.122 e. The molecule has 0 aromatic heterocycles. The van der Waals surface area contributed by atoms with Crippen LogP contribution in [-0.4, -0.2) is 25.9 Å². The van der Waals surface area contributed by atoms with Gasteiger partial charge in [-0.2, -0.15) is 0 Å². The zero-order chi connectivity index (χ0) is 14.4. The van der Waals surface area contributed by atoms with E-state index in [1.165, 1.54) is 11.1 Å². The Balaban J connectivity index is 1.97. The number of ether oxygens (including phenoxy) is 2. The van der Waals surface area contributed by atoms with Crippen molar-refractivity contribution in [1.29, 1.82) is 0 Å². The number of rotatable bonds is 6. The van der Waals surface area contributed by atoms with E-state index in [0.717, 1.165) is 44.8 Å². The molecular formula is C17H27NO2. The number of hydrogen-bond donors (Lipinski definition) is 1. The molecule has 1 aliphatic heterocycles. The molecule has 3 heteroatoms. The number of hydrogen-bond acceptors (Lipinski definition) is 3. The summed E-state index contributed by atoms with van der Waals surface area (Å²) in [7, 11) is 0. The molecule has 0 amide bonds. The van der Waals surface area contributed by atoms with Crippen LogP contribution in [0.5, 0.6) is 5.75 Å². The molecule has 0 saturated carbocycles. The minimum absolute atomic E-state index is 0.309. The molecule has 1 aromatic rings. The molecule has 1 fully saturated rings. The lowest BCUT2D eigenvalue weighted by Crippen LogP contribution is -2.26. The molecular weight excluding hydrogens is 250 g/mol. The van der Waals surface area contributed by atoms with E-state index < -0.39 is 0 Å². The first-order valence-corrected chi connectivity index (χ1v) is 7.79. The molecule has 1 heterocycles. The highest BCUT2D eigenvalue weighted by molar-refractivity contribution is 5.37. The molecule has 1 saturated heterocycles. The van der Waals surface area contributed by atoms with Gasteiger partial charge in [-0.3, -0.25) is 0 Å². The summed E-state index contributed by atoms with van der Waals surface area (Å²) in [6, 6.07) is 6.92. The maximum absolute atomic E-state index is 6.10. The minimum Gasteiger partial charge on any atom is -0.490 e. The van der Waals surface area contributed by atoms with E-state index >= 15 is 0 Å². The Morgan fingerprint density at radius 1 is 1.35 bits per heavy atom. The van der Waals surface area contributed by atoms with Gasteiger partial charge in [0.25, 0.3) is 0 Å². The van der Waals surface area contributed by atoms with Crippen LogP contribution in [0.25, 0.3) is 0 Å². The van der Waals surface area contributed by atoms with Crippen LogP contribution in [0.1, 0.15) is 50.3 Å². The fourth-order valence-electron chi connectivity index (χ4n) is 2.53. The van der Waals surface area contributed by atoms with Gasteiger partial charge in [-0.05, 0) is 44.0 Å². The number of benzene rings is 1. The van der Waals surface area contributed by atoms with Crippen molar-refractivity contribution in [3.05, 3.63) is 29.3 Å². The SMILES string of the molecule is CCCNC(C)c1ccc(OC2CCOCC2)c(C)c1. The Morgan fingerprint density at radius 2 is 2.10 bits per heavy atom. The van der Waals surface area contributed by atoms with Gasteiger partial charge in [0.2, 0.25) is 0 Å². The average Bonchev–Trinajstić information content (AvgIpc) is 2.48. The van der Waals surface area contributed by atoms with Crippen LogP contribution in [0.3, 0.4) is 0 Å². The van der Waals surface area contributed by atoms with E-state index in [-0.39, 0.29) is 0 Å². The zero-order valence-electron chi connectivity index (χ0n) is 12.9. The van der Waals surface area contributed by atoms with Crippen LogP contribution in [0.2, 0.25) is 0 Å². The molecule has 2 rings (SSSR count). The Bertz CT molecular complexity index is 413. The molecule has 1 aliphatic rings. The molecule has 112 valence electrons. The van der Waals surface area contributed by atoms with E-state index in [4.69, 9.17) is 9.47 Å². The van der Waals surface area contributed by atoms with Gasteiger partial charge in [-0.1, -0.05) is 19.1 Å². The maximum atomic E-state index is 6.10. The lowest BCUT2D eigenvalue weighted by atomic mass is 10.0. The highest BCUT2D eigenvalue weighted by atomic mass is 16.5. The van der Waals surface area contributed by atoms with Gasteiger partial charge in [-0.25, -0.2) is 0 Å². The van der Waals surface area contributed by atoms with Crippen molar-refractivity contribution in [2.24, 2.45) is 0 Å². The molecule has 1 N–H and O–H groups in total. The van der Waals surface area contributed by atoms with Crippen molar-refractivity contribution in [2.45, 2.75) is 52.2 Å². The summed E-state index contributed by atoms with van der Waals surface area (Å²) in [5, 5.41) is 3.52. The summed E-state index contributed by atoms with van der Waals surface area (Å²) in [6.07, 6.45) is 3.46. The van der Waals surface area contributed by atoms with Crippen molar-refractivity contribution < 1.29 is 9.47 Å². The van der Waals surface area contributed by atoms with Crippen LogP contribution in [0, 0.1) is 6.92 Å². The highest BCUT2D eigenvalue weighted by Crippen LogP contribution is 2.25. The van der Waals surface area contributed by atoms with Crippen LogP contribution >= 0.6 is 0 Å². The molecule has 0 radical (unpaired) electrons. The Morgan fingerprint density at radius 3 is 2.75 bits per heavy atom. The Kier molecular flexibility index (Phi) is 5.86. The first kappa shape index (κ1) is 15.3. The molecule has 1 atom stereocenters. The molecule has 0 bridgehead atoms. The van der Waals surface area contributed by atoms with Crippen molar-refractivity contribution in [3.8, 4) is 5.75 Å². The minimum atomic E-state index is 0.309. The van der Waals surface area contributed by atoms with Crippen LogP contribution in [0.15, 0.2) is 18.2 Å². The molecule has 1 aromatic carbocycles. The second-order valence-corrected chi connectivity index (χ2v) is 5.63. The topological polar surface area (TPSA) is 30.5 Å². The fraction of sp³-hybridized carbons (Fsp3) is 0.647. The van der Waals surface area contributed by atoms with Gasteiger partial charge < -0.3 is 14.8 Å². The Hall–Kier alpha value is -1.06. The standard InChI is InChI=1S/C17H27NO2/c1-4-9-18-14(3)15-5-6-17(13(2)12-15)20-16-7-10-19-11-8-16/h5-6,12,14,16,18H,4,7-11H2,1-3H3. The van der Waals surface area contributed by atoms with Gasteiger partial charge in [0.15, 0.2) is 0 Å². The van der Waals surface area contributed by atoms with Crippen molar-refractivity contribution in [3.63, 3.8) is 0 Å². The molecule has 1 unspecified atom stereocenters. The molecule has 0 spiro atoms. The second kappa shape index (κ2) is 7.65. The van der Waals surface area contributed by atoms with E-state index in [1.54, 1.807) is 0 Å². The summed E-state index contributed by atoms with van der Waals surface area (Å²) in [5.41, 5.74) is 2.55. The highest BCUT2D eigenvalue weighted by Gasteiger charge is 2.16.